The molecule has 0 spiro atoms. The smallest absolute Gasteiger partial charge is 0.180 e. The maximum atomic E-state index is 5.43. The summed E-state index contributed by atoms with van der Waals surface area (Å²) < 4.78 is 2.03. The summed E-state index contributed by atoms with van der Waals surface area (Å²) in [6.07, 6.45) is 13.6. The van der Waals surface area contributed by atoms with Crippen LogP contribution in [0, 0.1) is 0 Å². The number of allylic oxidation sites excluding steroid dienone is 2. The minimum Gasteiger partial charge on any atom is -0.402 e. The molecule has 2 aromatic heterocycles. The highest BCUT2D eigenvalue weighted by Crippen LogP contribution is 2.25. The Morgan fingerprint density at radius 3 is 2.37 bits per heavy atom. The second kappa shape index (κ2) is 13.6. The van der Waals surface area contributed by atoms with Gasteiger partial charge in [0.15, 0.2) is 11.5 Å². The van der Waals surface area contributed by atoms with Crippen molar-refractivity contribution in [3.8, 4) is 11.3 Å². The van der Waals surface area contributed by atoms with Crippen LogP contribution in [0.15, 0.2) is 72.3 Å². The fourth-order valence-electron chi connectivity index (χ4n) is 3.99. The van der Waals surface area contributed by atoms with E-state index in [2.05, 4.69) is 106 Å². The van der Waals surface area contributed by atoms with Crippen molar-refractivity contribution >= 4 is 29.3 Å². The van der Waals surface area contributed by atoms with Crippen LogP contribution in [-0.2, 0) is 0 Å². The molecule has 0 unspecified atom stereocenters. The van der Waals surface area contributed by atoms with Crippen LogP contribution in [0.4, 0.5) is 11.5 Å². The summed E-state index contributed by atoms with van der Waals surface area (Å²) in [6.45, 7) is 14.8. The SMILES string of the molecule is C/C=c1/cc(-c2cn3ccnc3c(Nc3ccc(C(C)C)cc3)n2)cc/c1=C\CCC.CC/C(C)=C(/C)N. The molecule has 0 atom stereocenters. The van der Waals surface area contributed by atoms with Gasteiger partial charge in [0.25, 0.3) is 0 Å². The molecule has 0 radical (unpaired) electrons. The number of nitrogens with one attached hydrogen (secondary N) is 1. The van der Waals surface area contributed by atoms with E-state index in [-0.39, 0.29) is 0 Å². The van der Waals surface area contributed by atoms with Crippen molar-refractivity contribution in [2.75, 3.05) is 5.32 Å². The number of nitrogens with zero attached hydrogens (tertiary/aromatic N) is 3. The maximum Gasteiger partial charge on any atom is 0.180 e. The van der Waals surface area contributed by atoms with Crippen molar-refractivity contribution in [1.82, 2.24) is 14.4 Å². The Balaban J connectivity index is 0.000000505. The van der Waals surface area contributed by atoms with Gasteiger partial charge in [-0.2, -0.15) is 0 Å². The molecule has 4 rings (SSSR count). The van der Waals surface area contributed by atoms with Crippen LogP contribution in [0.5, 0.6) is 0 Å². The highest BCUT2D eigenvalue weighted by molar-refractivity contribution is 5.73. The van der Waals surface area contributed by atoms with E-state index in [1.165, 1.54) is 21.6 Å². The number of benzene rings is 2. The molecule has 200 valence electrons. The van der Waals surface area contributed by atoms with Gasteiger partial charge in [-0.05, 0) is 73.7 Å². The van der Waals surface area contributed by atoms with Gasteiger partial charge in [-0.15, -0.1) is 0 Å². The van der Waals surface area contributed by atoms with Crippen molar-refractivity contribution in [3.05, 3.63) is 88.3 Å². The summed E-state index contributed by atoms with van der Waals surface area (Å²) in [6, 6.07) is 15.1. The Morgan fingerprint density at radius 1 is 1.05 bits per heavy atom. The number of hydrogen-bond donors (Lipinski definition) is 2. The molecule has 0 bridgehead atoms. The quantitative estimate of drug-likeness (QED) is 0.274. The van der Waals surface area contributed by atoms with E-state index in [1.807, 2.05) is 29.9 Å². The minimum absolute atomic E-state index is 0.511. The van der Waals surface area contributed by atoms with Gasteiger partial charge in [0, 0.05) is 35.5 Å². The molecule has 0 saturated carbocycles. The van der Waals surface area contributed by atoms with E-state index < -0.39 is 0 Å². The van der Waals surface area contributed by atoms with E-state index in [9.17, 15) is 0 Å². The number of anilines is 2. The van der Waals surface area contributed by atoms with Crippen molar-refractivity contribution in [1.29, 1.82) is 0 Å². The molecule has 5 nitrogen and oxygen atoms in total. The zero-order chi connectivity index (χ0) is 27.7. The summed E-state index contributed by atoms with van der Waals surface area (Å²) in [7, 11) is 0. The van der Waals surface area contributed by atoms with Crippen molar-refractivity contribution < 1.29 is 0 Å². The fraction of sp³-hybridized carbons (Fsp3) is 0.333. The van der Waals surface area contributed by atoms with Crippen molar-refractivity contribution in [2.45, 2.75) is 73.6 Å². The van der Waals surface area contributed by atoms with Crippen molar-refractivity contribution in [2.24, 2.45) is 5.73 Å². The molecule has 0 amide bonds. The second-order valence-electron chi connectivity index (χ2n) is 9.98. The monoisotopic (exact) mass is 509 g/mol. The molecule has 3 N–H and O–H groups in total. The van der Waals surface area contributed by atoms with E-state index in [4.69, 9.17) is 10.7 Å². The van der Waals surface area contributed by atoms with Gasteiger partial charge in [0.1, 0.15) is 0 Å². The number of unbranched alkanes of at least 4 members (excludes halogenated alkanes) is 1. The third kappa shape index (κ3) is 7.34. The van der Waals surface area contributed by atoms with Crippen molar-refractivity contribution in [3.63, 3.8) is 0 Å². The number of fused-ring (bicyclic) bond motifs is 1. The number of rotatable bonds is 7. The molecule has 2 aromatic carbocycles. The van der Waals surface area contributed by atoms with Gasteiger partial charge in [-0.1, -0.05) is 76.1 Å². The average Bonchev–Trinajstić information content (AvgIpc) is 3.41. The second-order valence-corrected chi connectivity index (χ2v) is 9.98. The molecule has 0 saturated heterocycles. The largest absolute Gasteiger partial charge is 0.402 e. The molecule has 38 heavy (non-hydrogen) atoms. The molecule has 4 aromatic rings. The number of nitrogens with two attached hydrogens (primary N) is 1. The lowest BCUT2D eigenvalue weighted by molar-refractivity contribution is 0.867. The zero-order valence-corrected chi connectivity index (χ0v) is 24.0. The van der Waals surface area contributed by atoms with E-state index in [1.54, 1.807) is 0 Å². The number of hydrogen-bond acceptors (Lipinski definition) is 4. The predicted molar refractivity (Wildman–Crippen MR) is 164 cm³/mol. The Bertz CT molecular complexity index is 1490. The maximum absolute atomic E-state index is 5.43. The van der Waals surface area contributed by atoms with E-state index >= 15 is 0 Å². The van der Waals surface area contributed by atoms with Crippen LogP contribution >= 0.6 is 0 Å². The normalized spacial score (nSPS) is 12.9. The number of aromatic nitrogens is 3. The Morgan fingerprint density at radius 2 is 1.79 bits per heavy atom. The average molecular weight is 510 g/mol. The summed E-state index contributed by atoms with van der Waals surface area (Å²) in [5.41, 5.74) is 12.8. The van der Waals surface area contributed by atoms with Gasteiger partial charge in [-0.25, -0.2) is 9.97 Å². The molecule has 2 heterocycles. The molecule has 0 aliphatic rings. The summed E-state index contributed by atoms with van der Waals surface area (Å²) in [4.78, 5) is 9.45. The summed E-state index contributed by atoms with van der Waals surface area (Å²) in [5, 5.41) is 5.98. The Kier molecular flexibility index (Phi) is 10.3. The summed E-state index contributed by atoms with van der Waals surface area (Å²) in [5.74, 6) is 1.26. The molecule has 0 aliphatic carbocycles. The first kappa shape index (κ1) is 28.7. The molecular formula is C33H43N5. The summed E-state index contributed by atoms with van der Waals surface area (Å²) >= 11 is 0. The van der Waals surface area contributed by atoms with E-state index in [0.29, 0.717) is 5.92 Å². The standard InChI is InChI=1S/C27H30N4.C6H13N/c1-5-7-8-22-9-10-23(17-20(22)6-2)25-18-31-16-15-28-27(31)26(30-25)29-24-13-11-21(12-14-24)19(3)4;1-4-5(2)6(3)7/h6,8-19H,5,7H2,1-4H3,(H,29,30);4,7H2,1-3H3/b20-6-,22-8+;6-5-. The van der Waals surface area contributed by atoms with Crippen LogP contribution in [0.3, 0.4) is 0 Å². The van der Waals surface area contributed by atoms with E-state index in [0.717, 1.165) is 53.4 Å². The van der Waals surface area contributed by atoms with Crippen LogP contribution < -0.4 is 21.5 Å². The first-order chi connectivity index (χ1) is 18.3. The topological polar surface area (TPSA) is 68.2 Å². The van der Waals surface area contributed by atoms with Gasteiger partial charge in [-0.3, -0.25) is 0 Å². The molecule has 0 aliphatic heterocycles. The highest BCUT2D eigenvalue weighted by Gasteiger charge is 2.10. The molecular weight excluding hydrogens is 466 g/mol. The first-order valence-electron chi connectivity index (χ1n) is 13.7. The van der Waals surface area contributed by atoms with Crippen LogP contribution in [0.25, 0.3) is 29.1 Å². The molecule has 5 heteroatoms. The lowest BCUT2D eigenvalue weighted by Gasteiger charge is -2.11. The zero-order valence-electron chi connectivity index (χ0n) is 24.0. The Hall–Kier alpha value is -3.86. The number of imidazole rings is 1. The van der Waals surface area contributed by atoms with Gasteiger partial charge in [0.2, 0.25) is 0 Å². The van der Waals surface area contributed by atoms with Crippen LogP contribution in [-0.4, -0.2) is 14.4 Å². The highest BCUT2D eigenvalue weighted by atomic mass is 15.1. The van der Waals surface area contributed by atoms with Gasteiger partial charge >= 0.3 is 0 Å². The lowest BCUT2D eigenvalue weighted by Crippen LogP contribution is -2.24. The minimum atomic E-state index is 0.511. The third-order valence-corrected chi connectivity index (χ3v) is 6.76. The first-order valence-corrected chi connectivity index (χ1v) is 13.7. The fourth-order valence-corrected chi connectivity index (χ4v) is 3.99. The van der Waals surface area contributed by atoms with Crippen LogP contribution in [0.2, 0.25) is 0 Å². The lowest BCUT2D eigenvalue weighted by atomic mass is 10.0. The predicted octanol–water partition coefficient (Wildman–Crippen LogP) is 7.29. The Labute approximate surface area is 227 Å². The van der Waals surface area contributed by atoms with Gasteiger partial charge < -0.3 is 15.5 Å². The third-order valence-electron chi connectivity index (χ3n) is 6.76. The van der Waals surface area contributed by atoms with Crippen LogP contribution in [0.1, 0.15) is 79.2 Å². The van der Waals surface area contributed by atoms with Gasteiger partial charge in [0.05, 0.1) is 5.69 Å². The molecule has 0 fully saturated rings.